The van der Waals surface area contributed by atoms with Crippen LogP contribution in [0.5, 0.6) is 0 Å². The number of unbranched alkanes of at least 4 members (excludes halogenated alkanes) is 2. The summed E-state index contributed by atoms with van der Waals surface area (Å²) in [5.74, 6) is -0.981. The van der Waals surface area contributed by atoms with Gasteiger partial charge in [0.15, 0.2) is 0 Å². The summed E-state index contributed by atoms with van der Waals surface area (Å²) >= 11 is 0.149. The molecule has 0 aromatic rings. The van der Waals surface area contributed by atoms with Gasteiger partial charge in [-0.05, 0) is 0 Å². The molecule has 3 N–H and O–H groups in total. The van der Waals surface area contributed by atoms with Gasteiger partial charge in [-0.1, -0.05) is 6.58 Å². The normalized spacial score (nSPS) is 8.13. The van der Waals surface area contributed by atoms with E-state index in [1.54, 1.807) is 8.87 Å². The van der Waals surface area contributed by atoms with E-state index in [4.69, 9.17) is 5.11 Å². The van der Waals surface area contributed by atoms with Crippen LogP contribution in [0.2, 0.25) is 8.87 Å². The van der Waals surface area contributed by atoms with Crippen LogP contribution >= 0.6 is 0 Å². The second kappa shape index (κ2) is 19.5. The van der Waals surface area contributed by atoms with Crippen LogP contribution in [0.3, 0.4) is 0 Å². The molecule has 0 aromatic carbocycles. The molecule has 0 aliphatic carbocycles. The largest absolute Gasteiger partial charge is 0.412 e. The van der Waals surface area contributed by atoms with Crippen molar-refractivity contribution in [3.05, 3.63) is 12.7 Å². The molecule has 0 spiro atoms. The Hall–Kier alpha value is -0.0313. The van der Waals surface area contributed by atoms with Gasteiger partial charge >= 0.3 is 75.5 Å². The van der Waals surface area contributed by atoms with Crippen LogP contribution in [-0.2, 0) is 4.79 Å². The smallest absolute Gasteiger partial charge is 0.412 e. The third-order valence-electron chi connectivity index (χ3n) is 1.59. The first kappa shape index (κ1) is 20.4. The van der Waals surface area contributed by atoms with Crippen LogP contribution < -0.4 is 0 Å². The summed E-state index contributed by atoms with van der Waals surface area (Å²) in [7, 11) is 0. The fourth-order valence-electron chi connectivity index (χ4n) is 0.729. The Kier molecular flexibility index (Phi) is 26.5. The zero-order chi connectivity index (χ0) is 11.2. The van der Waals surface area contributed by atoms with E-state index in [9.17, 15) is 4.79 Å². The molecular weight excluding hydrogens is 299 g/mol. The van der Waals surface area contributed by atoms with Crippen molar-refractivity contribution in [1.82, 2.24) is 0 Å². The predicted molar refractivity (Wildman–Crippen MR) is 66.6 cm³/mol. The molecule has 3 nitrogen and oxygen atoms in total. The van der Waals surface area contributed by atoms with Gasteiger partial charge in [-0.25, -0.2) is 4.79 Å². The number of hydrogen-bond donors (Lipinski definition) is 1. The van der Waals surface area contributed by atoms with Gasteiger partial charge < -0.3 is 10.6 Å². The van der Waals surface area contributed by atoms with E-state index in [-0.39, 0.29) is 26.6 Å². The number of carboxylic acid groups (broad SMARTS) is 1. The van der Waals surface area contributed by atoms with E-state index < -0.39 is 5.97 Å². The van der Waals surface area contributed by atoms with Gasteiger partial charge in [0, 0.05) is 6.08 Å². The van der Waals surface area contributed by atoms with Crippen LogP contribution in [0.1, 0.15) is 39.5 Å². The second-order valence-electron chi connectivity index (χ2n) is 3.00. The molecule has 0 unspecified atom stereocenters. The fourth-order valence-corrected chi connectivity index (χ4v) is 4.89. The Morgan fingerprint density at radius 3 is 1.80 bits per heavy atom. The molecule has 0 fully saturated rings. The summed E-state index contributed by atoms with van der Waals surface area (Å²) in [4.78, 5) is 9.25. The number of carbonyl (C=O) groups is 1. The van der Waals surface area contributed by atoms with Crippen molar-refractivity contribution in [2.45, 2.75) is 48.4 Å². The third kappa shape index (κ3) is 31.5. The molecule has 0 saturated heterocycles. The first-order valence-electron chi connectivity index (χ1n) is 5.25. The molecular formula is C11H24O3Sn. The van der Waals surface area contributed by atoms with Gasteiger partial charge in [-0.3, -0.25) is 0 Å². The van der Waals surface area contributed by atoms with Gasteiger partial charge in [0.25, 0.3) is 0 Å². The molecule has 0 atom stereocenters. The average Bonchev–Trinajstić information content (AvgIpc) is 2.19. The molecule has 90 valence electrons. The molecule has 0 aliphatic rings. The summed E-state index contributed by atoms with van der Waals surface area (Å²) in [5, 5.41) is 7.60. The molecule has 2 radical (unpaired) electrons. The minimum Gasteiger partial charge on any atom is -0.412 e. The van der Waals surface area contributed by atoms with Crippen LogP contribution in [-0.4, -0.2) is 37.7 Å². The SMILES string of the molecule is C=CC(=O)O.CCC[CH2][Sn][CH2]CCC.O. The first-order chi connectivity index (χ1) is 6.68. The van der Waals surface area contributed by atoms with Crippen LogP contribution in [0.4, 0.5) is 0 Å². The van der Waals surface area contributed by atoms with E-state index in [0.717, 1.165) is 6.08 Å². The second-order valence-corrected chi connectivity index (χ2v) is 7.28. The zero-order valence-electron chi connectivity index (χ0n) is 9.88. The molecule has 0 aromatic heterocycles. The van der Waals surface area contributed by atoms with Gasteiger partial charge in [0.05, 0.1) is 0 Å². The standard InChI is InChI=1S/2C4H9.C3H4O2.H2O.Sn/c2*1-3-4-2;1-2-3(4)5;;/h2*1,3-4H2,2H3;2H,1H2,(H,4,5);1H2;. The first-order valence-corrected chi connectivity index (χ1v) is 9.28. The van der Waals surface area contributed by atoms with Gasteiger partial charge in [-0.15, -0.1) is 0 Å². The van der Waals surface area contributed by atoms with Crippen molar-refractivity contribution in [2.24, 2.45) is 0 Å². The van der Waals surface area contributed by atoms with Crippen molar-refractivity contribution < 1.29 is 15.4 Å². The predicted octanol–water partition coefficient (Wildman–Crippen LogP) is 2.56. The van der Waals surface area contributed by atoms with E-state index in [2.05, 4.69) is 20.4 Å². The van der Waals surface area contributed by atoms with E-state index >= 15 is 0 Å². The minimum atomic E-state index is -0.981. The molecule has 0 bridgehead atoms. The average molecular weight is 323 g/mol. The maximum absolute atomic E-state index is 9.25. The van der Waals surface area contributed by atoms with Crippen LogP contribution in [0, 0.1) is 0 Å². The molecule has 0 amide bonds. The summed E-state index contributed by atoms with van der Waals surface area (Å²) in [5.41, 5.74) is 0. The Labute approximate surface area is 103 Å². The quantitative estimate of drug-likeness (QED) is 0.444. The molecule has 4 heteroatoms. The Balaban J connectivity index is -0.000000208. The van der Waals surface area contributed by atoms with Crippen molar-refractivity contribution in [1.29, 1.82) is 0 Å². The van der Waals surface area contributed by atoms with E-state index in [0.29, 0.717) is 0 Å². The van der Waals surface area contributed by atoms with Gasteiger partial charge in [-0.2, -0.15) is 0 Å². The maximum Gasteiger partial charge on any atom is -0.412 e. The van der Waals surface area contributed by atoms with E-state index in [1.807, 2.05) is 0 Å². The van der Waals surface area contributed by atoms with Crippen LogP contribution in [0.25, 0.3) is 0 Å². The van der Waals surface area contributed by atoms with E-state index in [1.165, 1.54) is 25.7 Å². The minimum absolute atomic E-state index is 0. The fraction of sp³-hybridized carbons (Fsp3) is 0.727. The van der Waals surface area contributed by atoms with Gasteiger partial charge in [0.1, 0.15) is 0 Å². The number of carboxylic acids is 1. The van der Waals surface area contributed by atoms with Crippen molar-refractivity contribution >= 4 is 27.1 Å². The molecule has 0 rings (SSSR count). The van der Waals surface area contributed by atoms with Crippen molar-refractivity contribution in [3.63, 3.8) is 0 Å². The Morgan fingerprint density at radius 1 is 1.27 bits per heavy atom. The topological polar surface area (TPSA) is 68.8 Å². The van der Waals surface area contributed by atoms with Crippen molar-refractivity contribution in [2.75, 3.05) is 0 Å². The summed E-state index contributed by atoms with van der Waals surface area (Å²) < 4.78 is 3.25. The Bertz CT molecular complexity index is 132. The summed E-state index contributed by atoms with van der Waals surface area (Å²) in [6.07, 6.45) is 6.67. The summed E-state index contributed by atoms with van der Waals surface area (Å²) in [6, 6.07) is 0. The maximum atomic E-state index is 9.25. The number of hydrogen-bond acceptors (Lipinski definition) is 1. The van der Waals surface area contributed by atoms with Gasteiger partial charge in [0.2, 0.25) is 0 Å². The van der Waals surface area contributed by atoms with Crippen LogP contribution in [0.15, 0.2) is 12.7 Å². The third-order valence-corrected chi connectivity index (χ3v) is 5.63. The molecule has 0 saturated carbocycles. The molecule has 0 aliphatic heterocycles. The number of rotatable bonds is 7. The Morgan fingerprint density at radius 2 is 1.60 bits per heavy atom. The zero-order valence-corrected chi connectivity index (χ0v) is 12.7. The number of aliphatic carboxylic acids is 1. The molecule has 15 heavy (non-hydrogen) atoms. The molecule has 0 heterocycles. The van der Waals surface area contributed by atoms with Crippen molar-refractivity contribution in [3.8, 4) is 0 Å². The summed E-state index contributed by atoms with van der Waals surface area (Å²) in [6.45, 7) is 7.54. The monoisotopic (exact) mass is 324 g/mol.